The zero-order valence-corrected chi connectivity index (χ0v) is 14.9. The van der Waals surface area contributed by atoms with Crippen molar-refractivity contribution < 1.29 is 14.6 Å². The number of hydrogen-bond donors (Lipinski definition) is 1. The average Bonchev–Trinajstić information content (AvgIpc) is 3.56. The predicted octanol–water partition coefficient (Wildman–Crippen LogP) is 3.12. The maximum absolute atomic E-state index is 12.4. The summed E-state index contributed by atoms with van der Waals surface area (Å²) in [6.45, 7) is 1.06. The number of carbonyl (C=O) groups excluding carboxylic acids is 1. The minimum absolute atomic E-state index is 0.0394. The summed E-state index contributed by atoms with van der Waals surface area (Å²) in [5.41, 5.74) is 1.82. The maximum Gasteiger partial charge on any atom is 0.226 e. The minimum Gasteiger partial charge on any atom is -0.486 e. The van der Waals surface area contributed by atoms with Crippen molar-refractivity contribution in [2.24, 2.45) is 5.92 Å². The molecule has 2 aromatic rings. The second-order valence-electron chi connectivity index (χ2n) is 6.79. The number of benzene rings is 1. The Hall–Kier alpha value is -1.92. The van der Waals surface area contributed by atoms with Gasteiger partial charge in [0.15, 0.2) is 0 Å². The number of aromatic nitrogens is 1. The van der Waals surface area contributed by atoms with Crippen LogP contribution in [0.5, 0.6) is 5.75 Å². The zero-order valence-electron chi connectivity index (χ0n) is 14.1. The van der Waals surface area contributed by atoms with Gasteiger partial charge in [-0.3, -0.25) is 4.79 Å². The van der Waals surface area contributed by atoms with Gasteiger partial charge in [-0.25, -0.2) is 4.98 Å². The number of aliphatic hydroxyl groups excluding tert-OH is 1. The van der Waals surface area contributed by atoms with Crippen LogP contribution in [0, 0.1) is 5.92 Å². The highest BCUT2D eigenvalue weighted by molar-refractivity contribution is 7.09. The van der Waals surface area contributed by atoms with Crippen LogP contribution in [-0.4, -0.2) is 26.9 Å². The van der Waals surface area contributed by atoms with E-state index in [1.807, 2.05) is 29.6 Å². The van der Waals surface area contributed by atoms with Crippen LogP contribution in [-0.2, 0) is 24.6 Å². The van der Waals surface area contributed by atoms with Crippen molar-refractivity contribution in [1.82, 2.24) is 9.88 Å². The quantitative estimate of drug-likeness (QED) is 0.788. The summed E-state index contributed by atoms with van der Waals surface area (Å²) in [7, 11) is 0. The highest BCUT2D eigenvalue weighted by atomic mass is 32.1. The summed E-state index contributed by atoms with van der Waals surface area (Å²) in [4.78, 5) is 18.8. The van der Waals surface area contributed by atoms with Crippen LogP contribution in [0.3, 0.4) is 0 Å². The van der Waals surface area contributed by atoms with Gasteiger partial charge < -0.3 is 14.7 Å². The zero-order chi connectivity index (χ0) is 17.2. The Kier molecular flexibility index (Phi) is 4.72. The summed E-state index contributed by atoms with van der Waals surface area (Å²) in [5.74, 6) is 1.41. The molecule has 5 nitrogen and oxygen atoms in total. The Morgan fingerprint density at radius 3 is 2.60 bits per heavy atom. The van der Waals surface area contributed by atoms with Crippen molar-refractivity contribution in [3.63, 3.8) is 0 Å². The van der Waals surface area contributed by atoms with E-state index in [1.54, 1.807) is 0 Å². The fourth-order valence-corrected chi connectivity index (χ4v) is 3.55. The van der Waals surface area contributed by atoms with Crippen LogP contribution in [0.25, 0.3) is 0 Å². The van der Waals surface area contributed by atoms with E-state index >= 15 is 0 Å². The standard InChI is InChI=1S/C19H22N2O3S/c22-10-15-12-25-18(20-15)11-24-17-7-1-13(2-8-17)9-21(16-5-6-16)19(23)14-3-4-14/h1-2,7-8,12,14,16,22H,3-6,9-11H2. The predicted molar refractivity (Wildman–Crippen MR) is 95.1 cm³/mol. The third-order valence-corrected chi connectivity index (χ3v) is 5.47. The molecular weight excluding hydrogens is 336 g/mol. The number of amides is 1. The van der Waals surface area contributed by atoms with E-state index in [9.17, 15) is 4.79 Å². The first-order valence-corrected chi connectivity index (χ1v) is 9.67. The molecule has 2 aliphatic rings. The molecule has 0 saturated heterocycles. The van der Waals surface area contributed by atoms with Crippen molar-refractivity contribution >= 4 is 17.2 Å². The molecule has 25 heavy (non-hydrogen) atoms. The summed E-state index contributed by atoms with van der Waals surface area (Å²) in [6.07, 6.45) is 4.40. The minimum atomic E-state index is -0.0394. The van der Waals surface area contributed by atoms with Gasteiger partial charge in [0, 0.05) is 23.9 Å². The lowest BCUT2D eigenvalue weighted by atomic mass is 10.2. The van der Waals surface area contributed by atoms with Crippen LogP contribution in [0.2, 0.25) is 0 Å². The molecular formula is C19H22N2O3S. The van der Waals surface area contributed by atoms with Crippen molar-refractivity contribution in [1.29, 1.82) is 0 Å². The van der Waals surface area contributed by atoms with Gasteiger partial charge >= 0.3 is 0 Å². The number of aliphatic hydroxyl groups is 1. The number of rotatable bonds is 8. The van der Waals surface area contributed by atoms with E-state index in [4.69, 9.17) is 9.84 Å². The Morgan fingerprint density at radius 2 is 2.00 bits per heavy atom. The van der Waals surface area contributed by atoms with Gasteiger partial charge in [0.2, 0.25) is 5.91 Å². The molecule has 0 atom stereocenters. The van der Waals surface area contributed by atoms with Crippen molar-refractivity contribution in [3.05, 3.63) is 45.9 Å². The molecule has 0 unspecified atom stereocenters. The van der Waals surface area contributed by atoms with E-state index in [0.717, 1.165) is 42.0 Å². The smallest absolute Gasteiger partial charge is 0.226 e. The van der Waals surface area contributed by atoms with E-state index in [1.165, 1.54) is 11.3 Å². The molecule has 1 N–H and O–H groups in total. The van der Waals surface area contributed by atoms with Gasteiger partial charge in [-0.05, 0) is 43.4 Å². The van der Waals surface area contributed by atoms with Crippen LogP contribution in [0.1, 0.15) is 41.9 Å². The van der Waals surface area contributed by atoms with Crippen molar-refractivity contribution in [2.45, 2.75) is 51.5 Å². The van der Waals surface area contributed by atoms with Crippen LogP contribution < -0.4 is 4.74 Å². The molecule has 0 bridgehead atoms. The molecule has 2 fully saturated rings. The SMILES string of the molecule is O=C(C1CC1)N(Cc1ccc(OCc2nc(CO)cs2)cc1)C1CC1. The van der Waals surface area contributed by atoms with E-state index in [2.05, 4.69) is 9.88 Å². The molecule has 1 amide bonds. The first kappa shape index (κ1) is 16.5. The van der Waals surface area contributed by atoms with Gasteiger partial charge in [-0.2, -0.15) is 0 Å². The first-order chi connectivity index (χ1) is 12.2. The molecule has 0 radical (unpaired) electrons. The first-order valence-electron chi connectivity index (χ1n) is 8.79. The van der Waals surface area contributed by atoms with Gasteiger partial charge in [0.1, 0.15) is 17.4 Å². The number of hydrogen-bond acceptors (Lipinski definition) is 5. The van der Waals surface area contributed by atoms with Gasteiger partial charge in [0.05, 0.1) is 12.3 Å². The highest BCUT2D eigenvalue weighted by Crippen LogP contribution is 2.36. The summed E-state index contributed by atoms with van der Waals surface area (Å²) >= 11 is 1.49. The van der Waals surface area contributed by atoms with E-state index in [0.29, 0.717) is 30.8 Å². The number of carbonyl (C=O) groups is 1. The number of thiazole rings is 1. The lowest BCUT2D eigenvalue weighted by molar-refractivity contribution is -0.133. The Balaban J connectivity index is 1.33. The third-order valence-electron chi connectivity index (χ3n) is 4.60. The van der Waals surface area contributed by atoms with Crippen molar-refractivity contribution in [3.8, 4) is 5.75 Å². The molecule has 2 saturated carbocycles. The molecule has 1 heterocycles. The number of ether oxygens (including phenoxy) is 1. The number of nitrogens with zero attached hydrogens (tertiary/aromatic N) is 2. The molecule has 4 rings (SSSR count). The molecule has 1 aromatic carbocycles. The molecule has 132 valence electrons. The van der Waals surface area contributed by atoms with Gasteiger partial charge in [0.25, 0.3) is 0 Å². The Bertz CT molecular complexity index is 735. The van der Waals surface area contributed by atoms with Crippen LogP contribution in [0.15, 0.2) is 29.6 Å². The van der Waals surface area contributed by atoms with Crippen molar-refractivity contribution in [2.75, 3.05) is 0 Å². The second-order valence-corrected chi connectivity index (χ2v) is 7.74. The van der Waals surface area contributed by atoms with Crippen LogP contribution >= 0.6 is 11.3 Å². The second kappa shape index (κ2) is 7.14. The third kappa shape index (κ3) is 4.19. The molecule has 1 aromatic heterocycles. The summed E-state index contributed by atoms with van der Waals surface area (Å²) in [5, 5.41) is 11.7. The van der Waals surface area contributed by atoms with E-state index < -0.39 is 0 Å². The Morgan fingerprint density at radius 1 is 1.24 bits per heavy atom. The largest absolute Gasteiger partial charge is 0.486 e. The molecule has 6 heteroatoms. The lowest BCUT2D eigenvalue weighted by Gasteiger charge is -2.22. The topological polar surface area (TPSA) is 62.7 Å². The lowest BCUT2D eigenvalue weighted by Crippen LogP contribution is -2.33. The fraction of sp³-hybridized carbons (Fsp3) is 0.474. The summed E-state index contributed by atoms with van der Waals surface area (Å²) < 4.78 is 5.75. The highest BCUT2D eigenvalue weighted by Gasteiger charge is 2.39. The monoisotopic (exact) mass is 358 g/mol. The molecule has 0 spiro atoms. The Labute approximate surface area is 151 Å². The molecule has 0 aliphatic heterocycles. The summed E-state index contributed by atoms with van der Waals surface area (Å²) in [6, 6.07) is 8.41. The maximum atomic E-state index is 12.4. The fourth-order valence-electron chi connectivity index (χ4n) is 2.86. The normalized spacial score (nSPS) is 16.7. The molecule has 2 aliphatic carbocycles. The van der Waals surface area contributed by atoms with Gasteiger partial charge in [-0.1, -0.05) is 12.1 Å². The average molecular weight is 358 g/mol. The van der Waals surface area contributed by atoms with Crippen LogP contribution in [0.4, 0.5) is 0 Å². The van der Waals surface area contributed by atoms with Gasteiger partial charge in [-0.15, -0.1) is 11.3 Å². The van der Waals surface area contributed by atoms with E-state index in [-0.39, 0.29) is 12.5 Å².